The van der Waals surface area contributed by atoms with Crippen LogP contribution in [0.15, 0.2) is 117 Å². The van der Waals surface area contributed by atoms with Gasteiger partial charge in [0, 0.05) is 105 Å². The zero-order valence-electron chi connectivity index (χ0n) is 55.7. The Morgan fingerprint density at radius 2 is 0.262 bits per heavy atom. The summed E-state index contributed by atoms with van der Waals surface area (Å²) in [7, 11) is -18.0. The third-order valence-electron chi connectivity index (χ3n) is 7.24. The maximum absolute atomic E-state index is 10.8. The van der Waals surface area contributed by atoms with Crippen LogP contribution in [0.25, 0.3) is 22.3 Å². The van der Waals surface area contributed by atoms with Gasteiger partial charge in [-0.2, -0.15) is 0 Å². The quantitative estimate of drug-likeness (QED) is 0.0412. The van der Waals surface area contributed by atoms with E-state index in [0.29, 0.717) is 127 Å². The Hall–Kier alpha value is -6.61. The van der Waals surface area contributed by atoms with E-state index in [2.05, 4.69) is 0 Å². The Morgan fingerprint density at radius 3 is 0.299 bits per heavy atom. The van der Waals surface area contributed by atoms with Crippen molar-refractivity contribution in [2.75, 3.05) is 105 Å². The minimum absolute atomic E-state index is 0. The van der Waals surface area contributed by atoms with Gasteiger partial charge in [-0.15, -0.1) is 0 Å². The van der Waals surface area contributed by atoms with Crippen molar-refractivity contribution >= 4 is 88.2 Å². The second-order valence-electron chi connectivity index (χ2n) is 14.8. The smallest absolute Gasteiger partial charge is 0.744 e. The number of carbonyl (C=O) groups excluding carboxylic acids is 8. The molecule has 4 aromatic carbocycles. The second-order valence-corrected chi connectivity index (χ2v) is 20.4. The van der Waals surface area contributed by atoms with Gasteiger partial charge in [-0.1, -0.05) is 48.5 Å². The summed E-state index contributed by atoms with van der Waals surface area (Å²) in [5.74, 6) is -17.5. The van der Waals surface area contributed by atoms with Crippen molar-refractivity contribution in [1.29, 1.82) is 0 Å². The molecule has 0 saturated carbocycles. The fourth-order valence-electron chi connectivity index (χ4n) is 3.26. The predicted octanol–water partition coefficient (Wildman–Crippen LogP) is -26.3. The molecule has 51 nitrogen and oxygen atoms in total. The van der Waals surface area contributed by atoms with E-state index in [1.54, 1.807) is 0 Å². The van der Waals surface area contributed by atoms with Crippen LogP contribution < -0.4 is 133 Å². The number of carboxylic acids is 8. The third-order valence-corrected chi connectivity index (χ3v) is 10.6. The topological polar surface area (TPSA) is 1190 Å². The molecule has 107 heavy (non-hydrogen) atoms. The molecule has 0 unspecified atom stereocenters. The van der Waals surface area contributed by atoms with E-state index in [-0.39, 0.29) is 125 Å². The van der Waals surface area contributed by atoms with Crippen LogP contribution in [-0.2, 0) is 146 Å². The number of hydrogen-bond donors (Lipinski definition) is 16. The normalized spacial score (nSPS) is 8.49. The van der Waals surface area contributed by atoms with Gasteiger partial charge in [-0.3, -0.25) is 0 Å². The van der Waals surface area contributed by atoms with Crippen molar-refractivity contribution in [2.24, 2.45) is 91.7 Å². The van der Waals surface area contributed by atoms with E-state index in [0.717, 1.165) is 48.5 Å². The molecule has 4 rings (SSSR count). The van der Waals surface area contributed by atoms with Crippen LogP contribution >= 0.6 is 0 Å². The fraction of sp³-hybridized carbons (Fsp3) is 0.333. The summed E-state index contributed by atoms with van der Waals surface area (Å²) in [6, 6.07) is 20.7. The zero-order chi connectivity index (χ0) is 77.9. The molecule has 0 aromatic heterocycles. The van der Waals surface area contributed by atoms with Gasteiger partial charge in [0.2, 0.25) is 0 Å². The molecule has 59 heteroatoms. The van der Waals surface area contributed by atoms with Crippen LogP contribution in [0.2, 0.25) is 0 Å². The standard InChI is InChI=1S/2C12H10O6S2.8C2H8N2.4C2H2O4.4Co.7H2O/c2*13-19(14,15)11-5-1-9(2-6-11)10-3-7-12(8-4-10)20(16,17)18;8*3-1-2-4;4*3-1(4)2(5)6;;;;;;;;;;;/h2*1-8H,(H,13,14,15)(H,16,17,18);8*1-4H2;4*(H,3,4)(H,5,6);;;;;7*1H2/q;;;;;;;;;;;;;;4*+3;;;;;;;/p-12. The van der Waals surface area contributed by atoms with Gasteiger partial charge in [-0.25, -0.2) is 33.7 Å². The summed E-state index contributed by atoms with van der Waals surface area (Å²) in [6.45, 7) is 9.56. The van der Waals surface area contributed by atoms with Crippen molar-refractivity contribution in [1.82, 2.24) is 0 Å². The van der Waals surface area contributed by atoms with E-state index < -0.39 is 88.2 Å². The molecular weight excluding hydrogens is 1720 g/mol. The van der Waals surface area contributed by atoms with E-state index >= 15 is 0 Å². The minimum Gasteiger partial charge on any atom is -0.744 e. The largest absolute Gasteiger partial charge is 3.00 e. The number of nitrogens with two attached hydrogens (primary N) is 16. The van der Waals surface area contributed by atoms with Crippen molar-refractivity contribution in [3.8, 4) is 22.3 Å². The Morgan fingerprint density at radius 1 is 0.196 bits per heavy atom. The molecular formula is C48H94Co4N16O35S4. The molecule has 0 aliphatic rings. The van der Waals surface area contributed by atoms with Gasteiger partial charge < -0.3 is 227 Å². The summed E-state index contributed by atoms with van der Waals surface area (Å²) < 4.78 is 129. The third kappa shape index (κ3) is 118. The molecule has 0 bridgehead atoms. The van der Waals surface area contributed by atoms with Crippen molar-refractivity contribution in [3.05, 3.63) is 97.1 Å². The first-order valence-electron chi connectivity index (χ1n) is 25.4. The van der Waals surface area contributed by atoms with Gasteiger partial charge in [-0.05, 0) is 70.8 Å². The maximum atomic E-state index is 10.8. The van der Waals surface area contributed by atoms with Crippen LogP contribution in [-0.4, -0.2) is 243 Å². The minimum atomic E-state index is -4.50. The number of aliphatic carboxylic acids is 8. The molecule has 0 radical (unpaired) electrons. The van der Waals surface area contributed by atoms with E-state index in [1.165, 1.54) is 48.5 Å². The number of carboxylic acid groups (broad SMARTS) is 8. The maximum Gasteiger partial charge on any atom is 3.00 e. The molecule has 0 aliphatic carbocycles. The summed E-state index contributed by atoms with van der Waals surface area (Å²) in [6.07, 6.45) is 0. The average Bonchev–Trinajstić information content (AvgIpc) is 0.833. The number of hydrogen-bond acceptors (Lipinski definition) is 44. The molecule has 0 amide bonds. The molecule has 0 fully saturated rings. The monoisotopic (exact) mass is 1820 g/mol. The number of rotatable bonds is 14. The van der Waals surface area contributed by atoms with Gasteiger partial charge >= 0.3 is 67.1 Å². The fourth-order valence-corrected chi connectivity index (χ4v) is 5.13. The average molecular weight is 1820 g/mol. The van der Waals surface area contributed by atoms with Crippen molar-refractivity contribution < 1.29 is 237 Å². The van der Waals surface area contributed by atoms with Crippen LogP contribution in [0.1, 0.15) is 0 Å². The van der Waals surface area contributed by atoms with Gasteiger partial charge in [0.05, 0.1) is 67.3 Å². The molecule has 0 saturated heterocycles. The SMILES string of the molecule is NCCN.NCCN.NCCN.NCCN.NCCN.NCCN.NCCN.NCCN.O.O.O.O.O.O.O.O=C([O-])C(=O)[O-].O=C([O-])C(=O)[O-].O=C([O-])C(=O)[O-].O=C([O-])C(=O)[O-].O=S(=O)([O-])c1ccc(-c2ccc(S(=O)(=O)[O-])cc2)cc1.O=S(=O)([O-])c1ccc(-c2ccc(S(=O)(=O)[O-])cc2)cc1.[Co+3].[Co+3].[Co+3].[Co+3]. The van der Waals surface area contributed by atoms with Gasteiger partial charge in [0.15, 0.2) is 0 Å². The van der Waals surface area contributed by atoms with Gasteiger partial charge in [0.25, 0.3) is 0 Å². The molecule has 4 aromatic rings. The number of carbonyl (C=O) groups is 8. The molecule has 0 aliphatic heterocycles. The molecule has 46 N–H and O–H groups in total. The van der Waals surface area contributed by atoms with E-state index in [1.807, 2.05) is 0 Å². The van der Waals surface area contributed by atoms with Crippen molar-refractivity contribution in [3.63, 3.8) is 0 Å². The first-order chi connectivity index (χ1) is 44.2. The molecule has 636 valence electrons. The van der Waals surface area contributed by atoms with Crippen LogP contribution in [0, 0.1) is 0 Å². The Balaban J connectivity index is -0.0000000414. The summed E-state index contributed by atoms with van der Waals surface area (Å²) in [5.41, 5.74) is 80.8. The molecule has 0 atom stereocenters. The van der Waals surface area contributed by atoms with Crippen LogP contribution in [0.4, 0.5) is 0 Å². The summed E-state index contributed by atoms with van der Waals surface area (Å²) in [5, 5.41) is 71.4. The van der Waals surface area contributed by atoms with E-state index in [9.17, 15) is 51.9 Å². The summed E-state index contributed by atoms with van der Waals surface area (Å²) in [4.78, 5) is 70.0. The Labute approximate surface area is 656 Å². The summed E-state index contributed by atoms with van der Waals surface area (Å²) >= 11 is 0. The Kier molecular flexibility index (Phi) is 149. The number of benzene rings is 4. The first kappa shape index (κ1) is 157. The van der Waals surface area contributed by atoms with Crippen LogP contribution in [0.5, 0.6) is 0 Å². The zero-order valence-corrected chi connectivity index (χ0v) is 63.1. The van der Waals surface area contributed by atoms with E-state index in [4.69, 9.17) is 171 Å². The predicted molar refractivity (Wildman–Crippen MR) is 346 cm³/mol. The first-order valence-corrected chi connectivity index (χ1v) is 31.0. The van der Waals surface area contributed by atoms with Gasteiger partial charge in [0.1, 0.15) is 40.5 Å². The van der Waals surface area contributed by atoms with Crippen molar-refractivity contribution in [2.45, 2.75) is 19.6 Å². The molecule has 0 heterocycles. The second kappa shape index (κ2) is 101. The molecule has 0 spiro atoms. The van der Waals surface area contributed by atoms with Crippen LogP contribution in [0.3, 0.4) is 0 Å². The Bertz CT molecular complexity index is 2680.